The molecule has 2 saturated heterocycles. The second-order valence-corrected chi connectivity index (χ2v) is 9.75. The van der Waals surface area contributed by atoms with E-state index < -0.39 is 0 Å². The Kier molecular flexibility index (Phi) is 7.77. The quantitative estimate of drug-likeness (QED) is 0.491. The van der Waals surface area contributed by atoms with Crippen LogP contribution in [0.4, 0.5) is 5.82 Å². The molecule has 172 valence electrons. The van der Waals surface area contributed by atoms with E-state index >= 15 is 0 Å². The first-order valence-electron chi connectivity index (χ1n) is 10.7. The van der Waals surface area contributed by atoms with Crippen LogP contribution in [0, 0.1) is 18.3 Å². The molecule has 2 aliphatic rings. The molecule has 0 spiro atoms. The summed E-state index contributed by atoms with van der Waals surface area (Å²) in [5, 5.41) is 18.8. The summed E-state index contributed by atoms with van der Waals surface area (Å²) >= 11 is 6.72. The van der Waals surface area contributed by atoms with E-state index in [0.717, 1.165) is 19.5 Å². The van der Waals surface area contributed by atoms with Gasteiger partial charge in [-0.2, -0.15) is 5.26 Å². The van der Waals surface area contributed by atoms with Crippen molar-refractivity contribution in [3.63, 3.8) is 0 Å². The number of pyridine rings is 1. The number of amides is 1. The molecule has 0 bridgehead atoms. The lowest BCUT2D eigenvalue weighted by molar-refractivity contribution is -0.123. The van der Waals surface area contributed by atoms with Crippen molar-refractivity contribution in [1.82, 2.24) is 14.4 Å². The Morgan fingerprint density at radius 2 is 1.94 bits per heavy atom. The Morgan fingerprint density at radius 1 is 1.28 bits per heavy atom. The van der Waals surface area contributed by atoms with Crippen molar-refractivity contribution in [2.75, 3.05) is 44.2 Å². The number of carbonyl (C=O) groups is 1. The Labute approximate surface area is 198 Å². The van der Waals surface area contributed by atoms with Crippen LogP contribution in [0.5, 0.6) is 0 Å². The van der Waals surface area contributed by atoms with Crippen LogP contribution in [0.2, 0.25) is 0 Å². The fourth-order valence-corrected chi connectivity index (χ4v) is 5.54. The summed E-state index contributed by atoms with van der Waals surface area (Å²) in [6.45, 7) is 9.32. The lowest BCUT2D eigenvalue weighted by Gasteiger charge is -2.37. The van der Waals surface area contributed by atoms with Gasteiger partial charge in [0.05, 0.1) is 11.5 Å². The minimum atomic E-state index is -0.345. The maximum Gasteiger partial charge on any atom is 0.270 e. The number of rotatable bonds is 6. The zero-order chi connectivity index (χ0) is 23.6. The van der Waals surface area contributed by atoms with Crippen molar-refractivity contribution in [3.05, 3.63) is 31.9 Å². The first-order chi connectivity index (χ1) is 15.2. The summed E-state index contributed by atoms with van der Waals surface area (Å²) in [6, 6.07) is 2.04. The number of thiocarbonyl (C=S) groups is 1. The second-order valence-electron chi connectivity index (χ2n) is 8.07. The highest BCUT2D eigenvalue weighted by Crippen LogP contribution is 2.37. The third-order valence-electron chi connectivity index (χ3n) is 6.19. The molecule has 1 aromatic heterocycles. The first kappa shape index (κ1) is 24.5. The minimum absolute atomic E-state index is 0.00312. The number of nitriles is 1. The average molecular weight is 476 g/mol. The smallest absolute Gasteiger partial charge is 0.270 e. The summed E-state index contributed by atoms with van der Waals surface area (Å²) in [7, 11) is 1.67. The molecule has 32 heavy (non-hydrogen) atoms. The maximum absolute atomic E-state index is 13.1. The fourth-order valence-electron chi connectivity index (χ4n) is 4.09. The third kappa shape index (κ3) is 4.48. The molecule has 1 N–H and O–H groups in total. The Morgan fingerprint density at radius 3 is 2.50 bits per heavy atom. The van der Waals surface area contributed by atoms with Crippen molar-refractivity contribution >= 4 is 46.1 Å². The molecule has 1 aromatic rings. The van der Waals surface area contributed by atoms with Crippen molar-refractivity contribution in [1.29, 1.82) is 5.26 Å². The van der Waals surface area contributed by atoms with Crippen LogP contribution < -0.4 is 10.5 Å². The molecule has 1 unspecified atom stereocenters. The van der Waals surface area contributed by atoms with E-state index in [0.29, 0.717) is 45.8 Å². The molecule has 3 heterocycles. The van der Waals surface area contributed by atoms with E-state index in [1.54, 1.807) is 24.9 Å². The van der Waals surface area contributed by atoms with Gasteiger partial charge < -0.3 is 10.0 Å². The summed E-state index contributed by atoms with van der Waals surface area (Å²) in [5.74, 6) is 0.559. The number of nitrogens with zero attached hydrogens (tertiary/aromatic N) is 5. The number of β-amino-alcohol motifs (C(OH)–C–C–N with tert-alkyl or cyclic N) is 1. The third-order valence-corrected chi connectivity index (χ3v) is 7.52. The Balaban J connectivity index is 2.10. The van der Waals surface area contributed by atoms with Gasteiger partial charge in [-0.15, -0.1) is 0 Å². The van der Waals surface area contributed by atoms with Crippen molar-refractivity contribution in [2.45, 2.75) is 33.2 Å². The molecule has 0 aliphatic carbocycles. The zero-order valence-electron chi connectivity index (χ0n) is 18.9. The number of aromatic nitrogens is 1. The molecule has 1 atom stereocenters. The van der Waals surface area contributed by atoms with Gasteiger partial charge in [-0.05, 0) is 31.9 Å². The highest BCUT2D eigenvalue weighted by molar-refractivity contribution is 8.26. The van der Waals surface area contributed by atoms with Crippen LogP contribution in [0.15, 0.2) is 9.70 Å². The number of thioether (sulfide) groups is 1. The van der Waals surface area contributed by atoms with Gasteiger partial charge in [-0.3, -0.25) is 24.0 Å². The van der Waals surface area contributed by atoms with Crippen LogP contribution in [0.1, 0.15) is 37.0 Å². The fraction of sp³-hybridized carbons (Fsp3) is 0.545. The lowest BCUT2D eigenvalue weighted by atomic mass is 10.0. The van der Waals surface area contributed by atoms with Gasteiger partial charge >= 0.3 is 0 Å². The highest BCUT2D eigenvalue weighted by atomic mass is 32.2. The van der Waals surface area contributed by atoms with Crippen molar-refractivity contribution in [2.24, 2.45) is 7.05 Å². The number of piperazine rings is 1. The minimum Gasteiger partial charge on any atom is -0.395 e. The topological polar surface area (TPSA) is 92.8 Å². The summed E-state index contributed by atoms with van der Waals surface area (Å²) in [6.07, 6.45) is 2.58. The van der Waals surface area contributed by atoms with Gasteiger partial charge in [-0.25, -0.2) is 0 Å². The molecule has 1 amide bonds. The monoisotopic (exact) mass is 475 g/mol. The number of aliphatic hydroxyl groups excluding tert-OH is 1. The Hall–Kier alpha value is -2.19. The van der Waals surface area contributed by atoms with E-state index in [4.69, 9.17) is 12.2 Å². The standard InChI is InChI=1S/C22H29N5O3S2/c1-5-14(2)27-21(30)18(32-22(27)31)12-16-15(3)17(13-23)20(29)24(4)19(16)26-8-6-25(7-9-26)10-11-28/h12,14,28H,5-11H2,1-4H3/b18-12-. The van der Waals surface area contributed by atoms with Gasteiger partial charge in [0.2, 0.25) is 0 Å². The normalized spacial score (nSPS) is 19.7. The molecular weight excluding hydrogens is 446 g/mol. The molecule has 8 nitrogen and oxygen atoms in total. The number of hydrogen-bond acceptors (Lipinski definition) is 8. The molecule has 2 fully saturated rings. The number of carbonyl (C=O) groups excluding carboxylic acids is 1. The van der Waals surface area contributed by atoms with Gasteiger partial charge in [0.15, 0.2) is 0 Å². The van der Waals surface area contributed by atoms with Crippen molar-refractivity contribution in [3.8, 4) is 6.07 Å². The predicted molar refractivity (Wildman–Crippen MR) is 132 cm³/mol. The van der Waals surface area contributed by atoms with E-state index in [1.807, 2.05) is 19.9 Å². The van der Waals surface area contributed by atoms with E-state index in [9.17, 15) is 20.0 Å². The molecule has 10 heteroatoms. The first-order valence-corrected chi connectivity index (χ1v) is 12.0. The van der Waals surface area contributed by atoms with Crippen LogP contribution in [0.3, 0.4) is 0 Å². The number of anilines is 1. The molecular formula is C22H29N5O3S2. The highest BCUT2D eigenvalue weighted by Gasteiger charge is 2.35. The molecule has 0 radical (unpaired) electrons. The van der Waals surface area contributed by atoms with Gasteiger partial charge in [-0.1, -0.05) is 30.9 Å². The van der Waals surface area contributed by atoms with Crippen LogP contribution in [0.25, 0.3) is 6.08 Å². The van der Waals surface area contributed by atoms with E-state index in [-0.39, 0.29) is 29.7 Å². The van der Waals surface area contributed by atoms with Crippen molar-refractivity contribution < 1.29 is 9.90 Å². The second kappa shape index (κ2) is 10.2. The summed E-state index contributed by atoms with van der Waals surface area (Å²) in [5.41, 5.74) is 1.00. The Bertz CT molecular complexity index is 1050. The van der Waals surface area contributed by atoms with E-state index in [1.165, 1.54) is 16.3 Å². The van der Waals surface area contributed by atoms with Crippen LogP contribution >= 0.6 is 24.0 Å². The largest absolute Gasteiger partial charge is 0.395 e. The molecule has 3 rings (SSSR count). The average Bonchev–Trinajstić information content (AvgIpc) is 3.06. The number of aliphatic hydroxyl groups is 1. The number of hydrogen-bond donors (Lipinski definition) is 1. The SMILES string of the molecule is CCC(C)N1C(=O)/C(=C/c2c(C)c(C#N)c(=O)n(C)c2N2CCN(CCO)CC2)SC1=S. The zero-order valence-corrected chi connectivity index (χ0v) is 20.6. The van der Waals surface area contributed by atoms with E-state index in [2.05, 4.69) is 9.80 Å². The summed E-state index contributed by atoms with van der Waals surface area (Å²) < 4.78 is 2.03. The summed E-state index contributed by atoms with van der Waals surface area (Å²) in [4.78, 5) is 32.4. The van der Waals surface area contributed by atoms with Gasteiger partial charge in [0, 0.05) is 51.4 Å². The van der Waals surface area contributed by atoms with Gasteiger partial charge in [0.1, 0.15) is 21.8 Å². The van der Waals surface area contributed by atoms with Crippen LogP contribution in [-0.2, 0) is 11.8 Å². The lowest BCUT2D eigenvalue weighted by Crippen LogP contribution is -2.49. The molecule has 0 saturated carbocycles. The maximum atomic E-state index is 13.1. The predicted octanol–water partition coefficient (Wildman–Crippen LogP) is 1.68. The molecule has 2 aliphatic heterocycles. The molecule has 0 aromatic carbocycles. The van der Waals surface area contributed by atoms with Gasteiger partial charge in [0.25, 0.3) is 11.5 Å². The van der Waals surface area contributed by atoms with Crippen LogP contribution in [-0.4, -0.2) is 75.1 Å².